The maximum Gasteiger partial charge on any atom is 0.252 e. The number of carbonyl (C=O) groups excluding carboxylic acids is 1. The molecule has 150 valence electrons. The third-order valence-corrected chi connectivity index (χ3v) is 5.87. The Hall–Kier alpha value is -2.98. The van der Waals surface area contributed by atoms with Gasteiger partial charge in [-0.1, -0.05) is 83.5 Å². The molecule has 1 amide bonds. The Bertz CT molecular complexity index is 1190. The van der Waals surface area contributed by atoms with Crippen molar-refractivity contribution in [1.29, 1.82) is 0 Å². The second kappa shape index (κ2) is 8.80. The maximum absolute atomic E-state index is 13.6. The van der Waals surface area contributed by atoms with Gasteiger partial charge in [-0.15, -0.1) is 0 Å². The Labute approximate surface area is 185 Å². The molecule has 4 heteroatoms. The number of pyridine rings is 1. The minimum Gasteiger partial charge on any atom is -0.345 e. The van der Waals surface area contributed by atoms with Crippen LogP contribution in [0.4, 0.5) is 0 Å². The molecule has 3 nitrogen and oxygen atoms in total. The van der Waals surface area contributed by atoms with Crippen LogP contribution in [0, 0.1) is 6.92 Å². The van der Waals surface area contributed by atoms with Crippen LogP contribution in [0.15, 0.2) is 83.3 Å². The molecule has 0 unspecified atom stereocenters. The highest BCUT2D eigenvalue weighted by atomic mass is 79.9. The molecule has 0 aliphatic heterocycles. The Morgan fingerprint density at radius 1 is 1.00 bits per heavy atom. The number of carbonyl (C=O) groups is 1. The molecule has 1 atom stereocenters. The average molecular weight is 459 g/mol. The highest BCUT2D eigenvalue weighted by Crippen LogP contribution is 2.31. The van der Waals surface area contributed by atoms with Gasteiger partial charge < -0.3 is 5.32 Å². The Morgan fingerprint density at radius 3 is 2.33 bits per heavy atom. The number of hydrogen-bond acceptors (Lipinski definition) is 2. The second-order valence-corrected chi connectivity index (χ2v) is 8.25. The molecule has 1 N–H and O–H groups in total. The van der Waals surface area contributed by atoms with Crippen LogP contribution >= 0.6 is 15.9 Å². The predicted molar refractivity (Wildman–Crippen MR) is 127 cm³/mol. The first-order valence-electron chi connectivity index (χ1n) is 10.1. The molecule has 0 saturated carbocycles. The lowest BCUT2D eigenvalue weighted by Crippen LogP contribution is -2.29. The monoisotopic (exact) mass is 458 g/mol. The van der Waals surface area contributed by atoms with Crippen molar-refractivity contribution in [3.8, 4) is 11.3 Å². The molecule has 0 fully saturated rings. The third kappa shape index (κ3) is 4.01. The van der Waals surface area contributed by atoms with Crippen molar-refractivity contribution in [3.05, 3.63) is 100 Å². The smallest absolute Gasteiger partial charge is 0.252 e. The number of nitrogens with zero attached hydrogens (tertiary/aromatic N) is 1. The number of nitrogens with one attached hydrogen (secondary N) is 1. The number of aromatic nitrogens is 1. The SMILES string of the molecule is CC[C@H](NC(=O)c1c(C)c(-c2ccccc2)nc2ccc(Br)cc12)c1ccccc1. The lowest BCUT2D eigenvalue weighted by molar-refractivity contribution is 0.0936. The zero-order chi connectivity index (χ0) is 21.1. The zero-order valence-corrected chi connectivity index (χ0v) is 18.6. The molecule has 3 aromatic carbocycles. The van der Waals surface area contributed by atoms with Crippen molar-refractivity contribution in [3.63, 3.8) is 0 Å². The highest BCUT2D eigenvalue weighted by molar-refractivity contribution is 9.10. The first kappa shape index (κ1) is 20.3. The standard InChI is InChI=1S/C26H23BrN2O/c1-3-22(18-10-6-4-7-11-18)29-26(30)24-17(2)25(19-12-8-5-9-13-19)28-23-15-14-20(27)16-21(23)24/h4-16,22H,3H2,1-2H3,(H,29,30)/t22-/m0/s1. The molecular formula is C26H23BrN2O. The van der Waals surface area contributed by atoms with E-state index < -0.39 is 0 Å². The van der Waals surface area contributed by atoms with E-state index in [2.05, 4.69) is 40.3 Å². The fraction of sp³-hybridized carbons (Fsp3) is 0.154. The van der Waals surface area contributed by atoms with E-state index in [1.807, 2.05) is 73.7 Å². The van der Waals surface area contributed by atoms with Gasteiger partial charge in [0.1, 0.15) is 0 Å². The fourth-order valence-electron chi connectivity index (χ4n) is 3.84. The van der Waals surface area contributed by atoms with Crippen LogP contribution in [0.2, 0.25) is 0 Å². The summed E-state index contributed by atoms with van der Waals surface area (Å²) in [6, 6.07) is 26.0. The van der Waals surface area contributed by atoms with Crippen LogP contribution in [0.25, 0.3) is 22.2 Å². The van der Waals surface area contributed by atoms with Crippen LogP contribution in [0.5, 0.6) is 0 Å². The summed E-state index contributed by atoms with van der Waals surface area (Å²) in [4.78, 5) is 18.4. The summed E-state index contributed by atoms with van der Waals surface area (Å²) in [5.74, 6) is -0.0779. The summed E-state index contributed by atoms with van der Waals surface area (Å²) < 4.78 is 0.924. The van der Waals surface area contributed by atoms with Gasteiger partial charge in [-0.05, 0) is 42.7 Å². The predicted octanol–water partition coefficient (Wildman–Crippen LogP) is 6.85. The van der Waals surface area contributed by atoms with Crippen LogP contribution in [0.1, 0.15) is 40.9 Å². The van der Waals surface area contributed by atoms with E-state index in [9.17, 15) is 4.79 Å². The summed E-state index contributed by atoms with van der Waals surface area (Å²) >= 11 is 3.55. The van der Waals surface area contributed by atoms with Crippen LogP contribution < -0.4 is 5.32 Å². The Morgan fingerprint density at radius 2 is 1.67 bits per heavy atom. The molecule has 4 aromatic rings. The van der Waals surface area contributed by atoms with Gasteiger partial charge in [-0.2, -0.15) is 0 Å². The molecule has 1 aromatic heterocycles. The largest absolute Gasteiger partial charge is 0.345 e. The number of rotatable bonds is 5. The van der Waals surface area contributed by atoms with Crippen LogP contribution in [-0.2, 0) is 0 Å². The molecule has 4 rings (SSSR count). The van der Waals surface area contributed by atoms with E-state index in [0.717, 1.165) is 44.2 Å². The fourth-order valence-corrected chi connectivity index (χ4v) is 4.20. The number of amides is 1. The minimum atomic E-state index is -0.0779. The van der Waals surface area contributed by atoms with Gasteiger partial charge in [-0.3, -0.25) is 4.79 Å². The van der Waals surface area contributed by atoms with Crippen molar-refractivity contribution in [1.82, 2.24) is 10.3 Å². The highest BCUT2D eigenvalue weighted by Gasteiger charge is 2.21. The lowest BCUT2D eigenvalue weighted by Gasteiger charge is -2.20. The van der Waals surface area contributed by atoms with E-state index in [1.165, 1.54) is 0 Å². The third-order valence-electron chi connectivity index (χ3n) is 5.38. The topological polar surface area (TPSA) is 42.0 Å². The van der Waals surface area contributed by atoms with Crippen LogP contribution in [0.3, 0.4) is 0 Å². The van der Waals surface area contributed by atoms with E-state index in [0.29, 0.717) is 5.56 Å². The van der Waals surface area contributed by atoms with E-state index in [-0.39, 0.29) is 11.9 Å². The number of benzene rings is 3. The quantitative estimate of drug-likeness (QED) is 0.355. The summed E-state index contributed by atoms with van der Waals surface area (Å²) in [6.45, 7) is 4.06. The molecule has 0 radical (unpaired) electrons. The molecule has 1 heterocycles. The molecule has 0 spiro atoms. The first-order valence-corrected chi connectivity index (χ1v) is 10.9. The van der Waals surface area contributed by atoms with Gasteiger partial charge in [0.05, 0.1) is 22.8 Å². The summed E-state index contributed by atoms with van der Waals surface area (Å²) in [5.41, 5.74) is 5.31. The number of hydrogen-bond donors (Lipinski definition) is 1. The first-order chi connectivity index (χ1) is 14.6. The number of fused-ring (bicyclic) bond motifs is 1. The van der Waals surface area contributed by atoms with Crippen molar-refractivity contribution in [2.45, 2.75) is 26.3 Å². The molecular weight excluding hydrogens is 436 g/mol. The molecule has 0 saturated heterocycles. The normalized spacial score (nSPS) is 12.0. The lowest BCUT2D eigenvalue weighted by atomic mass is 9.96. The average Bonchev–Trinajstić information content (AvgIpc) is 2.78. The van der Waals surface area contributed by atoms with E-state index in [4.69, 9.17) is 4.98 Å². The molecule has 0 aliphatic rings. The van der Waals surface area contributed by atoms with Gasteiger partial charge in [0.15, 0.2) is 0 Å². The van der Waals surface area contributed by atoms with Gasteiger partial charge in [0.2, 0.25) is 0 Å². The Kier molecular flexibility index (Phi) is 5.96. The maximum atomic E-state index is 13.6. The molecule has 0 bridgehead atoms. The summed E-state index contributed by atoms with van der Waals surface area (Å²) in [7, 11) is 0. The zero-order valence-electron chi connectivity index (χ0n) is 17.0. The summed E-state index contributed by atoms with van der Waals surface area (Å²) in [5, 5.41) is 4.10. The minimum absolute atomic E-state index is 0.0476. The van der Waals surface area contributed by atoms with Gasteiger partial charge >= 0.3 is 0 Å². The van der Waals surface area contributed by atoms with Gasteiger partial charge in [-0.25, -0.2) is 4.98 Å². The molecule has 30 heavy (non-hydrogen) atoms. The molecule has 0 aliphatic carbocycles. The van der Waals surface area contributed by atoms with Crippen molar-refractivity contribution >= 4 is 32.7 Å². The number of halogens is 1. The van der Waals surface area contributed by atoms with Gasteiger partial charge in [0, 0.05) is 15.4 Å². The van der Waals surface area contributed by atoms with E-state index in [1.54, 1.807) is 0 Å². The van der Waals surface area contributed by atoms with Crippen molar-refractivity contribution in [2.75, 3.05) is 0 Å². The van der Waals surface area contributed by atoms with E-state index >= 15 is 0 Å². The summed E-state index contributed by atoms with van der Waals surface area (Å²) in [6.07, 6.45) is 0.813. The van der Waals surface area contributed by atoms with Gasteiger partial charge in [0.25, 0.3) is 5.91 Å². The second-order valence-electron chi connectivity index (χ2n) is 7.33. The Balaban J connectivity index is 1.85. The van der Waals surface area contributed by atoms with Crippen molar-refractivity contribution in [2.24, 2.45) is 0 Å². The van der Waals surface area contributed by atoms with Crippen molar-refractivity contribution < 1.29 is 4.79 Å². The van der Waals surface area contributed by atoms with Crippen LogP contribution in [-0.4, -0.2) is 10.9 Å².